The Bertz CT molecular complexity index is 657. The van der Waals surface area contributed by atoms with Crippen molar-refractivity contribution in [1.82, 2.24) is 0 Å². The largest absolute Gasteiger partial charge is 0.299 e. The van der Waals surface area contributed by atoms with Gasteiger partial charge in [0.25, 0.3) is 0 Å². The van der Waals surface area contributed by atoms with Crippen LogP contribution in [0.3, 0.4) is 0 Å². The molecule has 0 heterocycles. The molecule has 0 aliphatic heterocycles. The lowest BCUT2D eigenvalue weighted by atomic mass is 9.59. The number of carbonyl (C=O) groups is 2. The molecular weight excluding hydrogens is 284 g/mol. The molecule has 4 unspecified atom stereocenters. The van der Waals surface area contributed by atoms with E-state index in [1.54, 1.807) is 0 Å². The third-order valence-electron chi connectivity index (χ3n) is 5.60. The summed E-state index contributed by atoms with van der Waals surface area (Å²) in [6.45, 7) is 0. The minimum Gasteiger partial charge on any atom is -0.299 e. The Balaban J connectivity index is 1.65. The summed E-state index contributed by atoms with van der Waals surface area (Å²) in [6, 6.07) is 20.1. The number of benzene rings is 2. The van der Waals surface area contributed by atoms with E-state index in [9.17, 15) is 9.59 Å². The maximum absolute atomic E-state index is 12.8. The number of Topliss-reactive ketones (excluding diaryl/α,β-unsaturated/α-hetero) is 2. The van der Waals surface area contributed by atoms with Gasteiger partial charge in [-0.15, -0.1) is 0 Å². The highest BCUT2D eigenvalue weighted by Crippen LogP contribution is 2.49. The Morgan fingerprint density at radius 2 is 0.957 bits per heavy atom. The summed E-state index contributed by atoms with van der Waals surface area (Å²) in [4.78, 5) is 25.5. The highest BCUT2D eigenvalue weighted by atomic mass is 16.1. The van der Waals surface area contributed by atoms with Crippen molar-refractivity contribution in [2.24, 2.45) is 11.8 Å². The predicted molar refractivity (Wildman–Crippen MR) is 89.2 cm³/mol. The van der Waals surface area contributed by atoms with Crippen LogP contribution in [0.25, 0.3) is 0 Å². The van der Waals surface area contributed by atoms with Gasteiger partial charge in [0.1, 0.15) is 11.6 Å². The van der Waals surface area contributed by atoms with Crippen LogP contribution in [0.4, 0.5) is 0 Å². The lowest BCUT2D eigenvalue weighted by molar-refractivity contribution is -0.137. The maximum Gasteiger partial charge on any atom is 0.137 e. The van der Waals surface area contributed by atoms with Crippen LogP contribution in [0, 0.1) is 11.8 Å². The predicted octanol–water partition coefficient (Wildman–Crippen LogP) is 4.12. The Kier molecular flexibility index (Phi) is 3.60. The lowest BCUT2D eigenvalue weighted by Crippen LogP contribution is -2.43. The van der Waals surface area contributed by atoms with Crippen LogP contribution < -0.4 is 0 Å². The molecule has 2 aliphatic rings. The van der Waals surface area contributed by atoms with Crippen LogP contribution in [0.1, 0.15) is 42.2 Å². The van der Waals surface area contributed by atoms with E-state index in [-0.39, 0.29) is 23.7 Å². The maximum atomic E-state index is 12.8. The minimum absolute atomic E-state index is 0.0139. The number of fused-ring (bicyclic) bond motifs is 2. The molecule has 23 heavy (non-hydrogen) atoms. The van der Waals surface area contributed by atoms with Gasteiger partial charge in [0.15, 0.2) is 0 Å². The second-order valence-corrected chi connectivity index (χ2v) is 6.82. The molecule has 116 valence electrons. The van der Waals surface area contributed by atoms with Crippen molar-refractivity contribution >= 4 is 11.6 Å². The molecule has 2 aromatic rings. The molecule has 0 amide bonds. The second kappa shape index (κ2) is 5.77. The quantitative estimate of drug-likeness (QED) is 0.836. The zero-order valence-electron chi connectivity index (χ0n) is 13.0. The topological polar surface area (TPSA) is 34.1 Å². The van der Waals surface area contributed by atoms with E-state index in [1.165, 1.54) is 0 Å². The second-order valence-electron chi connectivity index (χ2n) is 6.82. The summed E-state index contributed by atoms with van der Waals surface area (Å²) in [7, 11) is 0. The Morgan fingerprint density at radius 1 is 0.565 bits per heavy atom. The minimum atomic E-state index is 0.0139. The van der Waals surface area contributed by atoms with Crippen molar-refractivity contribution in [1.29, 1.82) is 0 Å². The lowest BCUT2D eigenvalue weighted by Gasteiger charge is -2.42. The third kappa shape index (κ3) is 2.52. The van der Waals surface area contributed by atoms with E-state index >= 15 is 0 Å². The molecule has 4 atom stereocenters. The highest BCUT2D eigenvalue weighted by molar-refractivity contribution is 5.93. The van der Waals surface area contributed by atoms with E-state index in [2.05, 4.69) is 24.3 Å². The summed E-state index contributed by atoms with van der Waals surface area (Å²) < 4.78 is 0. The van der Waals surface area contributed by atoms with Gasteiger partial charge in [-0.3, -0.25) is 9.59 Å². The van der Waals surface area contributed by atoms with E-state index < -0.39 is 0 Å². The molecule has 2 fully saturated rings. The van der Waals surface area contributed by atoms with Crippen LogP contribution in [-0.4, -0.2) is 11.6 Å². The molecule has 2 aliphatic carbocycles. The molecule has 0 N–H and O–H groups in total. The van der Waals surface area contributed by atoms with Crippen LogP contribution in [0.5, 0.6) is 0 Å². The summed E-state index contributed by atoms with van der Waals surface area (Å²) in [5.74, 6) is 0.835. The highest BCUT2D eigenvalue weighted by Gasteiger charge is 2.48. The Morgan fingerprint density at radius 3 is 1.35 bits per heavy atom. The van der Waals surface area contributed by atoms with Gasteiger partial charge in [0.2, 0.25) is 0 Å². The SMILES string of the molecule is O=C1CC(c2ccccc2)C2CC1C(c1ccccc1)CC2=O. The molecule has 0 spiro atoms. The fraction of sp³-hybridized carbons (Fsp3) is 0.333. The van der Waals surface area contributed by atoms with Gasteiger partial charge in [-0.05, 0) is 17.5 Å². The summed E-state index contributed by atoms with van der Waals surface area (Å²) in [5.41, 5.74) is 2.27. The normalized spacial score (nSPS) is 30.3. The van der Waals surface area contributed by atoms with E-state index in [0.717, 1.165) is 17.5 Å². The molecule has 4 rings (SSSR count). The number of rotatable bonds is 2. The van der Waals surface area contributed by atoms with E-state index in [4.69, 9.17) is 0 Å². The standard InChI is InChI=1S/C21H20O2/c22-20-12-16(14-7-3-1-4-8-14)18-11-19(20)17(13-21(18)23)15-9-5-2-6-10-15/h1-10,16-19H,11-13H2. The van der Waals surface area contributed by atoms with Gasteiger partial charge in [0, 0.05) is 36.5 Å². The first-order valence-electron chi connectivity index (χ1n) is 8.39. The van der Waals surface area contributed by atoms with Crippen LogP contribution in [-0.2, 0) is 9.59 Å². The number of hydrogen-bond acceptors (Lipinski definition) is 2. The van der Waals surface area contributed by atoms with E-state index in [0.29, 0.717) is 24.4 Å². The molecule has 2 bridgehead atoms. The molecule has 2 aromatic carbocycles. The average Bonchev–Trinajstić information content (AvgIpc) is 2.61. The molecule has 0 saturated heterocycles. The van der Waals surface area contributed by atoms with Crippen LogP contribution in [0.2, 0.25) is 0 Å². The molecule has 2 nitrogen and oxygen atoms in total. The van der Waals surface area contributed by atoms with Gasteiger partial charge in [-0.25, -0.2) is 0 Å². The van der Waals surface area contributed by atoms with Gasteiger partial charge < -0.3 is 0 Å². The Hall–Kier alpha value is -2.22. The summed E-state index contributed by atoms with van der Waals surface area (Å²) >= 11 is 0. The van der Waals surface area contributed by atoms with Gasteiger partial charge in [-0.2, -0.15) is 0 Å². The fourth-order valence-electron chi connectivity index (χ4n) is 4.44. The fourth-order valence-corrected chi connectivity index (χ4v) is 4.44. The number of carbonyl (C=O) groups excluding carboxylic acids is 2. The zero-order chi connectivity index (χ0) is 15.8. The monoisotopic (exact) mass is 304 g/mol. The van der Waals surface area contributed by atoms with Gasteiger partial charge in [0.05, 0.1) is 0 Å². The van der Waals surface area contributed by atoms with Crippen molar-refractivity contribution in [2.75, 3.05) is 0 Å². The molecule has 2 saturated carbocycles. The van der Waals surface area contributed by atoms with Gasteiger partial charge >= 0.3 is 0 Å². The average molecular weight is 304 g/mol. The smallest absolute Gasteiger partial charge is 0.137 e. The molecule has 2 heteroatoms. The van der Waals surface area contributed by atoms with Crippen molar-refractivity contribution < 1.29 is 9.59 Å². The van der Waals surface area contributed by atoms with Crippen molar-refractivity contribution in [2.45, 2.75) is 31.1 Å². The first-order valence-corrected chi connectivity index (χ1v) is 8.39. The van der Waals surface area contributed by atoms with Crippen LogP contribution >= 0.6 is 0 Å². The zero-order valence-corrected chi connectivity index (χ0v) is 13.0. The molecule has 0 radical (unpaired) electrons. The third-order valence-corrected chi connectivity index (χ3v) is 5.60. The number of hydrogen-bond donors (Lipinski definition) is 0. The van der Waals surface area contributed by atoms with E-state index in [1.807, 2.05) is 36.4 Å². The van der Waals surface area contributed by atoms with Crippen molar-refractivity contribution in [3.8, 4) is 0 Å². The van der Waals surface area contributed by atoms with Crippen molar-refractivity contribution in [3.63, 3.8) is 0 Å². The summed E-state index contributed by atoms with van der Waals surface area (Å²) in [6.07, 6.45) is 1.74. The van der Waals surface area contributed by atoms with Crippen molar-refractivity contribution in [3.05, 3.63) is 71.8 Å². The number of ketones is 2. The first kappa shape index (κ1) is 14.4. The molecule has 0 aromatic heterocycles. The Labute approximate surface area is 136 Å². The summed E-state index contributed by atoms with van der Waals surface area (Å²) in [5, 5.41) is 0. The van der Waals surface area contributed by atoms with Gasteiger partial charge in [-0.1, -0.05) is 60.7 Å². The van der Waals surface area contributed by atoms with Crippen LogP contribution in [0.15, 0.2) is 60.7 Å². The molecular formula is C21H20O2. The first-order chi connectivity index (χ1) is 11.2.